The summed E-state index contributed by atoms with van der Waals surface area (Å²) in [7, 11) is 1.48. The summed E-state index contributed by atoms with van der Waals surface area (Å²) >= 11 is 0. The van der Waals surface area contributed by atoms with Crippen LogP contribution in [0.1, 0.15) is 25.0 Å². The topological polar surface area (TPSA) is 26.3 Å². The van der Waals surface area contributed by atoms with E-state index in [2.05, 4.69) is 26.0 Å². The Bertz CT molecular complexity index is 382. The summed E-state index contributed by atoms with van der Waals surface area (Å²) in [6.45, 7) is 4.20. The lowest BCUT2D eigenvalue weighted by Gasteiger charge is -2.30. The van der Waals surface area contributed by atoms with Gasteiger partial charge in [-0.05, 0) is 29.9 Å². The van der Waals surface area contributed by atoms with Gasteiger partial charge < -0.3 is 4.74 Å². The standard InChI is InChI=1S/C14H18O2/c1-10(2)14(13(15)16-3)8-11-6-4-5-7-12(11)9-14/h4-7,10H,8-9H2,1-3H3. The second-order valence-electron chi connectivity index (χ2n) is 4.92. The molecule has 0 atom stereocenters. The molecule has 2 rings (SSSR count). The maximum Gasteiger partial charge on any atom is 0.312 e. The first-order chi connectivity index (χ1) is 7.60. The Hall–Kier alpha value is -1.31. The summed E-state index contributed by atoms with van der Waals surface area (Å²) in [5.74, 6) is 0.228. The first-order valence-corrected chi connectivity index (χ1v) is 5.75. The molecular formula is C14H18O2. The molecule has 0 radical (unpaired) electrons. The SMILES string of the molecule is COC(=O)C1(C(C)C)Cc2ccccc2C1. The number of hydrogen-bond donors (Lipinski definition) is 0. The first kappa shape index (κ1) is 11.2. The van der Waals surface area contributed by atoms with E-state index in [0.29, 0.717) is 5.92 Å². The number of methoxy groups -OCH3 is 1. The highest BCUT2D eigenvalue weighted by Gasteiger charge is 2.47. The van der Waals surface area contributed by atoms with E-state index >= 15 is 0 Å². The molecule has 1 aromatic carbocycles. The van der Waals surface area contributed by atoms with Crippen molar-refractivity contribution in [3.05, 3.63) is 35.4 Å². The number of hydrogen-bond acceptors (Lipinski definition) is 2. The Morgan fingerprint density at radius 3 is 2.12 bits per heavy atom. The van der Waals surface area contributed by atoms with Crippen LogP contribution in [0, 0.1) is 11.3 Å². The Balaban J connectivity index is 2.38. The van der Waals surface area contributed by atoms with Crippen molar-refractivity contribution in [3.8, 4) is 0 Å². The molecule has 0 saturated carbocycles. The van der Waals surface area contributed by atoms with Crippen molar-refractivity contribution >= 4 is 5.97 Å². The van der Waals surface area contributed by atoms with Crippen molar-refractivity contribution in [2.75, 3.05) is 7.11 Å². The van der Waals surface area contributed by atoms with Gasteiger partial charge in [0.05, 0.1) is 12.5 Å². The zero-order chi connectivity index (χ0) is 11.8. The van der Waals surface area contributed by atoms with E-state index in [-0.39, 0.29) is 11.4 Å². The van der Waals surface area contributed by atoms with Crippen molar-refractivity contribution in [1.82, 2.24) is 0 Å². The lowest BCUT2D eigenvalue weighted by Crippen LogP contribution is -2.38. The Morgan fingerprint density at radius 2 is 1.75 bits per heavy atom. The zero-order valence-electron chi connectivity index (χ0n) is 10.1. The van der Waals surface area contributed by atoms with Gasteiger partial charge in [-0.3, -0.25) is 4.79 Å². The summed E-state index contributed by atoms with van der Waals surface area (Å²) in [4.78, 5) is 12.0. The highest BCUT2D eigenvalue weighted by Crippen LogP contribution is 2.43. The number of benzene rings is 1. The fourth-order valence-electron chi connectivity index (χ4n) is 2.64. The molecule has 0 bridgehead atoms. The fraction of sp³-hybridized carbons (Fsp3) is 0.500. The summed E-state index contributed by atoms with van der Waals surface area (Å²) < 4.78 is 4.99. The molecule has 0 aromatic heterocycles. The summed E-state index contributed by atoms with van der Waals surface area (Å²) in [5, 5.41) is 0. The van der Waals surface area contributed by atoms with E-state index in [1.54, 1.807) is 0 Å². The molecule has 2 nitrogen and oxygen atoms in total. The largest absolute Gasteiger partial charge is 0.469 e. The molecule has 1 aliphatic rings. The molecule has 0 spiro atoms. The fourth-order valence-corrected chi connectivity index (χ4v) is 2.64. The van der Waals surface area contributed by atoms with E-state index in [0.717, 1.165) is 12.8 Å². The van der Waals surface area contributed by atoms with Crippen LogP contribution >= 0.6 is 0 Å². The van der Waals surface area contributed by atoms with Crippen LogP contribution in [0.5, 0.6) is 0 Å². The normalized spacial score (nSPS) is 17.2. The van der Waals surface area contributed by atoms with Crippen LogP contribution in [0.3, 0.4) is 0 Å². The summed E-state index contributed by atoms with van der Waals surface area (Å²) in [5.41, 5.74) is 2.24. The number of carbonyl (C=O) groups excluding carboxylic acids is 1. The van der Waals surface area contributed by atoms with E-state index in [4.69, 9.17) is 4.74 Å². The van der Waals surface area contributed by atoms with Crippen molar-refractivity contribution in [2.45, 2.75) is 26.7 Å². The van der Waals surface area contributed by atoms with Gasteiger partial charge in [-0.15, -0.1) is 0 Å². The van der Waals surface area contributed by atoms with Gasteiger partial charge in [0.2, 0.25) is 0 Å². The van der Waals surface area contributed by atoms with Crippen LogP contribution in [0.2, 0.25) is 0 Å². The lowest BCUT2D eigenvalue weighted by atomic mass is 9.74. The van der Waals surface area contributed by atoms with Gasteiger partial charge in [-0.2, -0.15) is 0 Å². The minimum atomic E-state index is -0.349. The van der Waals surface area contributed by atoms with Gasteiger partial charge in [0.1, 0.15) is 0 Å². The monoisotopic (exact) mass is 218 g/mol. The maximum atomic E-state index is 12.0. The molecule has 0 aliphatic heterocycles. The van der Waals surface area contributed by atoms with Crippen molar-refractivity contribution in [3.63, 3.8) is 0 Å². The van der Waals surface area contributed by atoms with Gasteiger partial charge in [0, 0.05) is 0 Å². The van der Waals surface area contributed by atoms with Crippen molar-refractivity contribution < 1.29 is 9.53 Å². The van der Waals surface area contributed by atoms with Crippen LogP contribution in [0.15, 0.2) is 24.3 Å². The number of rotatable bonds is 2. The van der Waals surface area contributed by atoms with Crippen LogP contribution in [-0.2, 0) is 22.4 Å². The molecule has 0 unspecified atom stereocenters. The minimum Gasteiger partial charge on any atom is -0.469 e. The number of fused-ring (bicyclic) bond motifs is 1. The molecule has 0 saturated heterocycles. The van der Waals surface area contributed by atoms with Crippen molar-refractivity contribution in [1.29, 1.82) is 0 Å². The molecule has 0 N–H and O–H groups in total. The molecule has 1 aliphatic carbocycles. The number of carbonyl (C=O) groups is 1. The van der Waals surface area contributed by atoms with E-state index in [9.17, 15) is 4.79 Å². The molecule has 0 amide bonds. The highest BCUT2D eigenvalue weighted by atomic mass is 16.5. The Morgan fingerprint density at radius 1 is 1.25 bits per heavy atom. The van der Waals surface area contributed by atoms with Crippen LogP contribution in [0.4, 0.5) is 0 Å². The quantitative estimate of drug-likeness (QED) is 0.713. The first-order valence-electron chi connectivity index (χ1n) is 5.75. The third kappa shape index (κ3) is 1.53. The molecule has 16 heavy (non-hydrogen) atoms. The van der Waals surface area contributed by atoms with E-state index in [1.807, 2.05) is 12.1 Å². The number of ether oxygens (including phenoxy) is 1. The molecule has 2 heteroatoms. The number of esters is 1. The van der Waals surface area contributed by atoms with Gasteiger partial charge in [-0.25, -0.2) is 0 Å². The van der Waals surface area contributed by atoms with Gasteiger partial charge in [-0.1, -0.05) is 38.1 Å². The third-order valence-corrected chi connectivity index (χ3v) is 3.83. The maximum absolute atomic E-state index is 12.0. The average molecular weight is 218 g/mol. The van der Waals surface area contributed by atoms with Crippen LogP contribution in [-0.4, -0.2) is 13.1 Å². The molecule has 0 heterocycles. The molecule has 1 aromatic rings. The van der Waals surface area contributed by atoms with Crippen LogP contribution < -0.4 is 0 Å². The second-order valence-corrected chi connectivity index (χ2v) is 4.92. The summed E-state index contributed by atoms with van der Waals surface area (Å²) in [6, 6.07) is 8.30. The molecule has 86 valence electrons. The Kier molecular flexibility index (Phi) is 2.75. The highest BCUT2D eigenvalue weighted by molar-refractivity contribution is 5.79. The second kappa shape index (κ2) is 3.93. The smallest absolute Gasteiger partial charge is 0.312 e. The predicted molar refractivity (Wildman–Crippen MR) is 63.1 cm³/mol. The Labute approximate surface area is 96.6 Å². The molecular weight excluding hydrogens is 200 g/mol. The van der Waals surface area contributed by atoms with Gasteiger partial charge >= 0.3 is 5.97 Å². The zero-order valence-corrected chi connectivity index (χ0v) is 10.1. The third-order valence-electron chi connectivity index (χ3n) is 3.83. The van der Waals surface area contributed by atoms with Gasteiger partial charge in [0.15, 0.2) is 0 Å². The summed E-state index contributed by atoms with van der Waals surface area (Å²) in [6.07, 6.45) is 1.63. The van der Waals surface area contributed by atoms with Gasteiger partial charge in [0.25, 0.3) is 0 Å². The average Bonchev–Trinajstić information content (AvgIpc) is 2.68. The van der Waals surface area contributed by atoms with E-state index in [1.165, 1.54) is 18.2 Å². The minimum absolute atomic E-state index is 0.0706. The lowest BCUT2D eigenvalue weighted by molar-refractivity contribution is -0.155. The molecule has 0 fully saturated rings. The van der Waals surface area contributed by atoms with Crippen molar-refractivity contribution in [2.24, 2.45) is 11.3 Å². The van der Waals surface area contributed by atoms with E-state index < -0.39 is 0 Å². The van der Waals surface area contributed by atoms with Crippen LogP contribution in [0.25, 0.3) is 0 Å². The predicted octanol–water partition coefficient (Wildman–Crippen LogP) is 2.60.